The van der Waals surface area contributed by atoms with Crippen molar-refractivity contribution in [3.63, 3.8) is 0 Å². The summed E-state index contributed by atoms with van der Waals surface area (Å²) in [5.74, 6) is 0. The molecule has 0 radical (unpaired) electrons. The van der Waals surface area contributed by atoms with E-state index in [0.29, 0.717) is 17.5 Å². The van der Waals surface area contributed by atoms with Crippen LogP contribution in [0.4, 0.5) is 5.69 Å². The number of sulfonamides is 1. The molecule has 0 N–H and O–H groups in total. The number of hydrogen-bond donors (Lipinski definition) is 0. The van der Waals surface area contributed by atoms with Crippen molar-refractivity contribution in [3.8, 4) is 0 Å². The summed E-state index contributed by atoms with van der Waals surface area (Å²) in [6.45, 7) is 4.06. The van der Waals surface area contributed by atoms with E-state index in [2.05, 4.69) is 0 Å². The molecule has 29 heavy (non-hydrogen) atoms. The summed E-state index contributed by atoms with van der Waals surface area (Å²) >= 11 is 0. The maximum atomic E-state index is 13.3. The largest absolute Gasteiger partial charge is 0.298 e. The quantitative estimate of drug-likeness (QED) is 0.518. The number of benzene rings is 3. The lowest BCUT2D eigenvalue weighted by Crippen LogP contribution is -2.31. The molecule has 0 saturated carbocycles. The lowest BCUT2D eigenvalue weighted by atomic mass is 10.1. The van der Waals surface area contributed by atoms with E-state index in [1.165, 1.54) is 4.31 Å². The van der Waals surface area contributed by atoms with Gasteiger partial charge in [-0.1, -0.05) is 71.8 Å². The summed E-state index contributed by atoms with van der Waals surface area (Å²) in [5.41, 5.74) is 3.99. The fourth-order valence-corrected chi connectivity index (χ4v) is 4.40. The number of carbonyl (C=O) groups excluding carboxylic acids is 1. The van der Waals surface area contributed by atoms with Crippen LogP contribution in [-0.2, 0) is 10.0 Å². The standard InChI is InChI=1S/C24H23NO3S/c1-19-11-13-24(14-12-19)29(27,28)25(23-10-4-8-22(17-23)18-26)15-5-9-21-7-3-6-20(2)16-21/h3-14,16-18H,15H2,1-2H3/b9-5+. The lowest BCUT2D eigenvalue weighted by Gasteiger charge is -2.23. The SMILES string of the molecule is Cc1ccc(S(=O)(=O)N(C/C=C/c2cccc(C)c2)c2cccc(C=O)c2)cc1. The second-order valence-corrected chi connectivity index (χ2v) is 8.74. The number of anilines is 1. The minimum Gasteiger partial charge on any atom is -0.298 e. The van der Waals surface area contributed by atoms with Crippen molar-refractivity contribution in [2.24, 2.45) is 0 Å². The van der Waals surface area contributed by atoms with Gasteiger partial charge >= 0.3 is 0 Å². The van der Waals surface area contributed by atoms with Gasteiger partial charge in [0.15, 0.2) is 0 Å². The average molecular weight is 406 g/mol. The first-order chi connectivity index (χ1) is 13.9. The second kappa shape index (κ2) is 8.88. The van der Waals surface area contributed by atoms with Gasteiger partial charge in [0.1, 0.15) is 6.29 Å². The summed E-state index contributed by atoms with van der Waals surface area (Å²) < 4.78 is 28.0. The van der Waals surface area contributed by atoms with E-state index in [0.717, 1.165) is 16.7 Å². The zero-order valence-electron chi connectivity index (χ0n) is 16.4. The van der Waals surface area contributed by atoms with Crippen molar-refractivity contribution < 1.29 is 13.2 Å². The molecule has 5 heteroatoms. The summed E-state index contributed by atoms with van der Waals surface area (Å²) in [6.07, 6.45) is 4.42. The van der Waals surface area contributed by atoms with Gasteiger partial charge in [0.25, 0.3) is 10.0 Å². The van der Waals surface area contributed by atoms with Gasteiger partial charge in [0.2, 0.25) is 0 Å². The van der Waals surface area contributed by atoms with Crippen LogP contribution < -0.4 is 4.31 Å². The topological polar surface area (TPSA) is 54.5 Å². The molecule has 0 saturated heterocycles. The van der Waals surface area contributed by atoms with Crippen molar-refractivity contribution in [3.05, 3.63) is 101 Å². The Morgan fingerprint density at radius 2 is 1.52 bits per heavy atom. The molecule has 0 fully saturated rings. The van der Waals surface area contributed by atoms with Gasteiger partial charge in [-0.25, -0.2) is 8.42 Å². The minimum atomic E-state index is -3.79. The van der Waals surface area contributed by atoms with Crippen LogP contribution in [0.15, 0.2) is 83.8 Å². The molecule has 0 amide bonds. The fourth-order valence-electron chi connectivity index (χ4n) is 2.99. The Morgan fingerprint density at radius 1 is 0.828 bits per heavy atom. The van der Waals surface area contributed by atoms with Crippen LogP contribution in [0, 0.1) is 13.8 Å². The van der Waals surface area contributed by atoms with Gasteiger partial charge in [-0.15, -0.1) is 0 Å². The summed E-state index contributed by atoms with van der Waals surface area (Å²) in [7, 11) is -3.79. The van der Waals surface area contributed by atoms with E-state index in [9.17, 15) is 13.2 Å². The van der Waals surface area contributed by atoms with Crippen molar-refractivity contribution >= 4 is 28.1 Å². The van der Waals surface area contributed by atoms with Gasteiger partial charge < -0.3 is 0 Å². The molecule has 0 bridgehead atoms. The molecule has 0 heterocycles. The van der Waals surface area contributed by atoms with Gasteiger partial charge in [-0.05, 0) is 43.7 Å². The fraction of sp³-hybridized carbons (Fsp3) is 0.125. The van der Waals surface area contributed by atoms with Crippen LogP contribution in [0.5, 0.6) is 0 Å². The van der Waals surface area contributed by atoms with E-state index in [-0.39, 0.29) is 11.4 Å². The molecule has 0 aliphatic carbocycles. The van der Waals surface area contributed by atoms with Crippen molar-refractivity contribution in [1.82, 2.24) is 0 Å². The molecular formula is C24H23NO3S. The predicted octanol–water partition coefficient (Wildman–Crippen LogP) is 5.02. The average Bonchev–Trinajstić information content (AvgIpc) is 2.71. The van der Waals surface area contributed by atoms with E-state index >= 15 is 0 Å². The van der Waals surface area contributed by atoms with E-state index in [1.807, 2.05) is 50.3 Å². The first kappa shape index (κ1) is 20.6. The van der Waals surface area contributed by atoms with Gasteiger partial charge in [0, 0.05) is 5.56 Å². The second-order valence-electron chi connectivity index (χ2n) is 6.88. The molecular weight excluding hydrogens is 382 g/mol. The third-order valence-corrected chi connectivity index (χ3v) is 6.33. The number of carbonyl (C=O) groups is 1. The normalized spacial score (nSPS) is 11.5. The minimum absolute atomic E-state index is 0.145. The Hall–Kier alpha value is -3.18. The molecule has 3 rings (SSSR count). The third-order valence-electron chi connectivity index (χ3n) is 4.53. The van der Waals surface area contributed by atoms with E-state index in [4.69, 9.17) is 0 Å². The molecule has 3 aromatic carbocycles. The van der Waals surface area contributed by atoms with Crippen molar-refractivity contribution in [2.75, 3.05) is 10.8 Å². The first-order valence-electron chi connectivity index (χ1n) is 9.28. The number of aldehydes is 1. The van der Waals surface area contributed by atoms with Gasteiger partial charge in [-0.3, -0.25) is 9.10 Å². The third kappa shape index (κ3) is 5.00. The zero-order valence-corrected chi connectivity index (χ0v) is 17.3. The number of nitrogens with zero attached hydrogens (tertiary/aromatic N) is 1. The first-order valence-corrected chi connectivity index (χ1v) is 10.7. The highest BCUT2D eigenvalue weighted by Crippen LogP contribution is 2.25. The summed E-state index contributed by atoms with van der Waals surface area (Å²) in [5, 5.41) is 0. The van der Waals surface area contributed by atoms with Crippen LogP contribution >= 0.6 is 0 Å². The van der Waals surface area contributed by atoms with Crippen LogP contribution in [0.3, 0.4) is 0 Å². The highest BCUT2D eigenvalue weighted by molar-refractivity contribution is 7.92. The van der Waals surface area contributed by atoms with Gasteiger partial charge in [0.05, 0.1) is 17.1 Å². The maximum Gasteiger partial charge on any atom is 0.264 e. The Balaban J connectivity index is 1.99. The number of hydrogen-bond acceptors (Lipinski definition) is 3. The maximum absolute atomic E-state index is 13.3. The van der Waals surface area contributed by atoms with Crippen LogP contribution in [0.25, 0.3) is 6.08 Å². The molecule has 0 spiro atoms. The highest BCUT2D eigenvalue weighted by Gasteiger charge is 2.24. The van der Waals surface area contributed by atoms with Crippen LogP contribution in [0.2, 0.25) is 0 Å². The summed E-state index contributed by atoms with van der Waals surface area (Å²) in [4.78, 5) is 11.4. The summed E-state index contributed by atoms with van der Waals surface area (Å²) in [6, 6.07) is 21.3. The van der Waals surface area contributed by atoms with E-state index in [1.54, 1.807) is 48.5 Å². The Bertz CT molecular complexity index is 1130. The van der Waals surface area contributed by atoms with Crippen molar-refractivity contribution in [1.29, 1.82) is 0 Å². The predicted molar refractivity (Wildman–Crippen MR) is 118 cm³/mol. The molecule has 0 atom stereocenters. The van der Waals surface area contributed by atoms with E-state index < -0.39 is 10.0 Å². The smallest absolute Gasteiger partial charge is 0.264 e. The van der Waals surface area contributed by atoms with Crippen LogP contribution in [0.1, 0.15) is 27.0 Å². The molecule has 0 aliphatic rings. The van der Waals surface area contributed by atoms with Gasteiger partial charge in [-0.2, -0.15) is 0 Å². The molecule has 0 unspecified atom stereocenters. The Morgan fingerprint density at radius 3 is 2.21 bits per heavy atom. The lowest BCUT2D eigenvalue weighted by molar-refractivity contribution is 0.112. The molecule has 0 aliphatic heterocycles. The monoisotopic (exact) mass is 405 g/mol. The zero-order chi connectivity index (χ0) is 20.9. The molecule has 0 aromatic heterocycles. The van der Waals surface area contributed by atoms with Crippen molar-refractivity contribution in [2.45, 2.75) is 18.7 Å². The molecule has 3 aromatic rings. The molecule has 4 nitrogen and oxygen atoms in total. The number of rotatable bonds is 7. The Labute approximate surface area is 172 Å². The number of aryl methyl sites for hydroxylation is 2. The Kier molecular flexibility index (Phi) is 6.29. The molecule has 148 valence electrons. The highest BCUT2D eigenvalue weighted by atomic mass is 32.2. The van der Waals surface area contributed by atoms with Crippen LogP contribution in [-0.4, -0.2) is 21.2 Å².